The van der Waals surface area contributed by atoms with Crippen LogP contribution in [-0.2, 0) is 24.4 Å². The molecule has 0 bridgehead atoms. The molecule has 1 atom stereocenters. The van der Waals surface area contributed by atoms with Gasteiger partial charge in [0.05, 0.1) is 27.4 Å². The minimum absolute atomic E-state index is 0.214. The summed E-state index contributed by atoms with van der Waals surface area (Å²) in [6, 6.07) is 10.4. The largest absolute Gasteiger partial charge is 0.346 e. The molecular formula is C21H18F2N4O2S. The number of nitrogens with zero attached hydrogens (tertiary/aromatic N) is 2. The minimum atomic E-state index is -1.51. The van der Waals surface area contributed by atoms with E-state index in [1.807, 2.05) is 0 Å². The zero-order chi connectivity index (χ0) is 21.4. The Labute approximate surface area is 173 Å². The summed E-state index contributed by atoms with van der Waals surface area (Å²) in [6.45, 7) is 1.47. The predicted octanol–water partition coefficient (Wildman–Crippen LogP) is 3.58. The van der Waals surface area contributed by atoms with E-state index < -0.39 is 28.3 Å². The van der Waals surface area contributed by atoms with Crippen LogP contribution in [0, 0.1) is 18.6 Å². The van der Waals surface area contributed by atoms with Gasteiger partial charge in [0, 0.05) is 35.1 Å². The first-order valence-corrected chi connectivity index (χ1v) is 10.2. The number of aromatic nitrogens is 3. The van der Waals surface area contributed by atoms with Crippen molar-refractivity contribution in [2.24, 2.45) is 7.05 Å². The van der Waals surface area contributed by atoms with Gasteiger partial charge in [-0.25, -0.2) is 13.0 Å². The highest BCUT2D eigenvalue weighted by Crippen LogP contribution is 2.25. The van der Waals surface area contributed by atoms with Crippen molar-refractivity contribution < 1.29 is 17.8 Å². The minimum Gasteiger partial charge on any atom is -0.346 e. The van der Waals surface area contributed by atoms with Crippen molar-refractivity contribution >= 4 is 27.6 Å². The Kier molecular flexibility index (Phi) is 5.21. The van der Waals surface area contributed by atoms with Crippen LogP contribution in [0.2, 0.25) is 0 Å². The maximum atomic E-state index is 13.8. The van der Waals surface area contributed by atoms with E-state index in [1.165, 1.54) is 12.1 Å². The highest BCUT2D eigenvalue weighted by atomic mass is 32.2. The fraction of sp³-hybridized carbons (Fsp3) is 0.143. The van der Waals surface area contributed by atoms with Gasteiger partial charge < -0.3 is 9.88 Å². The van der Waals surface area contributed by atoms with Gasteiger partial charge in [-0.15, -0.1) is 0 Å². The normalized spacial score (nSPS) is 12.3. The van der Waals surface area contributed by atoms with E-state index in [2.05, 4.69) is 15.5 Å². The fourth-order valence-electron chi connectivity index (χ4n) is 3.20. The first-order chi connectivity index (χ1) is 14.4. The molecule has 1 amide bonds. The van der Waals surface area contributed by atoms with Gasteiger partial charge in [-0.2, -0.15) is 5.10 Å². The number of hydrogen-bond donors (Lipinski definition) is 2. The summed E-state index contributed by atoms with van der Waals surface area (Å²) >= 11 is 0. The van der Waals surface area contributed by atoms with Crippen LogP contribution >= 0.6 is 0 Å². The molecule has 0 radical (unpaired) electrons. The van der Waals surface area contributed by atoms with Crippen LogP contribution in [-0.4, -0.2) is 24.9 Å². The number of H-pyrrole nitrogens is 1. The highest BCUT2D eigenvalue weighted by Gasteiger charge is 2.21. The van der Waals surface area contributed by atoms with E-state index >= 15 is 0 Å². The molecule has 6 nitrogen and oxygen atoms in total. The van der Waals surface area contributed by atoms with Crippen molar-refractivity contribution in [3.8, 4) is 0 Å². The van der Waals surface area contributed by atoms with Crippen molar-refractivity contribution in [2.75, 3.05) is 0 Å². The van der Waals surface area contributed by atoms with E-state index in [0.29, 0.717) is 15.5 Å². The number of amides is 1. The molecule has 2 heterocycles. The van der Waals surface area contributed by atoms with E-state index in [0.717, 1.165) is 23.0 Å². The van der Waals surface area contributed by atoms with Crippen LogP contribution in [0.4, 0.5) is 8.78 Å². The average molecular weight is 428 g/mol. The Bertz CT molecular complexity index is 1280. The number of carbonyl (C=O) groups excluding carboxylic acids is 1. The zero-order valence-electron chi connectivity index (χ0n) is 16.2. The van der Waals surface area contributed by atoms with Crippen molar-refractivity contribution in [1.82, 2.24) is 20.1 Å². The number of nitrogens with one attached hydrogen (secondary N) is 2. The lowest BCUT2D eigenvalue weighted by molar-refractivity contribution is 0.0942. The molecule has 4 aromatic rings. The second kappa shape index (κ2) is 7.83. The van der Waals surface area contributed by atoms with Crippen LogP contribution in [0.5, 0.6) is 0 Å². The number of hydrogen-bond acceptors (Lipinski definition) is 3. The molecule has 0 spiro atoms. The Morgan fingerprint density at radius 3 is 2.67 bits per heavy atom. The van der Waals surface area contributed by atoms with Crippen molar-refractivity contribution in [3.63, 3.8) is 0 Å². The molecule has 154 valence electrons. The van der Waals surface area contributed by atoms with E-state index in [1.54, 1.807) is 42.9 Å². The molecule has 0 saturated carbocycles. The standard InChI is InChI=1S/C21H18F2N4O2S/c1-12-20(30(29)14-6-7-18-13(8-14)10-25-26-18)9-19(27(12)2)21(28)24-11-15-16(22)4-3-5-17(15)23/h3-10H,11H2,1-2H3,(H,24,28)(H,25,26). The molecule has 0 fully saturated rings. The molecule has 1 unspecified atom stereocenters. The summed E-state index contributed by atoms with van der Waals surface area (Å²) in [6.07, 6.45) is 1.65. The maximum Gasteiger partial charge on any atom is 0.268 e. The summed E-state index contributed by atoms with van der Waals surface area (Å²) in [5.41, 5.74) is 1.52. The predicted molar refractivity (Wildman–Crippen MR) is 108 cm³/mol. The third-order valence-electron chi connectivity index (χ3n) is 5.03. The van der Waals surface area contributed by atoms with Gasteiger partial charge in [0.1, 0.15) is 17.3 Å². The van der Waals surface area contributed by atoms with Gasteiger partial charge in [-0.3, -0.25) is 9.89 Å². The van der Waals surface area contributed by atoms with Crippen molar-refractivity contribution in [2.45, 2.75) is 23.3 Å². The lowest BCUT2D eigenvalue weighted by Crippen LogP contribution is -2.26. The first-order valence-electron chi connectivity index (χ1n) is 9.09. The quantitative estimate of drug-likeness (QED) is 0.510. The van der Waals surface area contributed by atoms with E-state index in [4.69, 9.17) is 0 Å². The third kappa shape index (κ3) is 3.52. The number of rotatable bonds is 5. The summed E-state index contributed by atoms with van der Waals surface area (Å²) < 4.78 is 42.3. The van der Waals surface area contributed by atoms with Crippen molar-refractivity contribution in [1.29, 1.82) is 0 Å². The molecule has 30 heavy (non-hydrogen) atoms. The summed E-state index contributed by atoms with van der Waals surface area (Å²) in [5, 5.41) is 10.2. The molecule has 9 heteroatoms. The molecule has 0 aliphatic carbocycles. The molecular weight excluding hydrogens is 410 g/mol. The number of halogens is 2. The van der Waals surface area contributed by atoms with Gasteiger partial charge in [0.25, 0.3) is 5.91 Å². The second-order valence-corrected chi connectivity index (χ2v) is 8.26. The lowest BCUT2D eigenvalue weighted by Gasteiger charge is -2.08. The van der Waals surface area contributed by atoms with E-state index in [-0.39, 0.29) is 17.8 Å². The Morgan fingerprint density at radius 2 is 1.93 bits per heavy atom. The van der Waals surface area contributed by atoms with Gasteiger partial charge in [-0.1, -0.05) is 6.07 Å². The fourth-order valence-corrected chi connectivity index (χ4v) is 4.50. The molecule has 2 aromatic carbocycles. The maximum absolute atomic E-state index is 13.8. The molecule has 0 saturated heterocycles. The third-order valence-corrected chi connectivity index (χ3v) is 6.53. The molecule has 2 N–H and O–H groups in total. The number of carbonyl (C=O) groups is 1. The molecule has 0 aliphatic rings. The van der Waals surface area contributed by atoms with Crippen molar-refractivity contribution in [3.05, 3.63) is 77.2 Å². The number of aromatic amines is 1. The number of benzene rings is 2. The summed E-state index contributed by atoms with van der Waals surface area (Å²) in [7, 11) is 0.160. The SMILES string of the molecule is Cc1c(S(=O)c2ccc3[nH]ncc3c2)cc(C(=O)NCc2c(F)cccc2F)n1C. The Hall–Kier alpha value is -3.33. The van der Waals surface area contributed by atoms with Gasteiger partial charge in [0.2, 0.25) is 0 Å². The Balaban J connectivity index is 1.59. The Morgan fingerprint density at radius 1 is 1.20 bits per heavy atom. The first kappa shape index (κ1) is 20.0. The van der Waals surface area contributed by atoms with Crippen LogP contribution in [0.25, 0.3) is 10.9 Å². The van der Waals surface area contributed by atoms with Crippen LogP contribution in [0.15, 0.2) is 58.5 Å². The number of fused-ring (bicyclic) bond motifs is 1. The topological polar surface area (TPSA) is 79.8 Å². The lowest BCUT2D eigenvalue weighted by atomic mass is 10.2. The zero-order valence-corrected chi connectivity index (χ0v) is 17.0. The van der Waals surface area contributed by atoms with Crippen LogP contribution < -0.4 is 5.32 Å². The molecule has 0 aliphatic heterocycles. The van der Waals surface area contributed by atoms with Gasteiger partial charge in [0.15, 0.2) is 0 Å². The summed E-state index contributed by atoms with van der Waals surface area (Å²) in [4.78, 5) is 13.7. The second-order valence-electron chi connectivity index (χ2n) is 6.81. The van der Waals surface area contributed by atoms with Crippen LogP contribution in [0.3, 0.4) is 0 Å². The van der Waals surface area contributed by atoms with E-state index in [9.17, 15) is 17.8 Å². The van der Waals surface area contributed by atoms with Crippen LogP contribution in [0.1, 0.15) is 21.7 Å². The average Bonchev–Trinajstić information content (AvgIpc) is 3.31. The molecule has 4 rings (SSSR count). The smallest absolute Gasteiger partial charge is 0.268 e. The molecule has 2 aromatic heterocycles. The monoisotopic (exact) mass is 428 g/mol. The highest BCUT2D eigenvalue weighted by molar-refractivity contribution is 7.85. The van der Waals surface area contributed by atoms with Gasteiger partial charge in [-0.05, 0) is 43.3 Å². The van der Waals surface area contributed by atoms with Gasteiger partial charge >= 0.3 is 0 Å². The summed E-state index contributed by atoms with van der Waals surface area (Å²) in [5.74, 6) is -1.97.